The first-order valence-corrected chi connectivity index (χ1v) is 8.19. The van der Waals surface area contributed by atoms with Crippen molar-refractivity contribution in [3.8, 4) is 5.88 Å². The second-order valence-electron chi connectivity index (χ2n) is 4.71. The van der Waals surface area contributed by atoms with E-state index in [2.05, 4.69) is 15.0 Å². The van der Waals surface area contributed by atoms with E-state index >= 15 is 0 Å². The molecule has 3 N–H and O–H groups in total. The third-order valence-electron chi connectivity index (χ3n) is 2.92. The SMILES string of the molecule is CN(C)S(=O)(=O)c1ccc(N=Cc2c(O)[nH]c(=S)[nH]c2=O)cc1. The normalized spacial score (nSPS) is 12.1. The van der Waals surface area contributed by atoms with Crippen LogP contribution in [-0.4, -0.2) is 48.1 Å². The van der Waals surface area contributed by atoms with E-state index in [9.17, 15) is 18.3 Å². The zero-order valence-electron chi connectivity index (χ0n) is 12.3. The Kier molecular flexibility index (Phi) is 4.78. The Bertz CT molecular complexity index is 957. The van der Waals surface area contributed by atoms with Crippen molar-refractivity contribution in [2.75, 3.05) is 14.1 Å². The van der Waals surface area contributed by atoms with Crippen molar-refractivity contribution in [1.29, 1.82) is 0 Å². The predicted molar refractivity (Wildman–Crippen MR) is 88.5 cm³/mol. The molecular weight excluding hydrogens is 340 g/mol. The highest BCUT2D eigenvalue weighted by molar-refractivity contribution is 7.89. The first kappa shape index (κ1) is 17.1. The predicted octanol–water partition coefficient (Wildman–Crippen LogP) is 1.14. The van der Waals surface area contributed by atoms with Gasteiger partial charge in [-0.25, -0.2) is 12.7 Å². The summed E-state index contributed by atoms with van der Waals surface area (Å²) >= 11 is 4.72. The number of aromatic hydroxyl groups is 1. The van der Waals surface area contributed by atoms with Crippen LogP contribution in [0.5, 0.6) is 5.88 Å². The van der Waals surface area contributed by atoms with Gasteiger partial charge in [0.15, 0.2) is 4.77 Å². The molecule has 0 amide bonds. The Morgan fingerprint density at radius 3 is 2.35 bits per heavy atom. The summed E-state index contributed by atoms with van der Waals surface area (Å²) in [5, 5.41) is 9.64. The number of aliphatic imine (C=N–C) groups is 1. The largest absolute Gasteiger partial charge is 0.494 e. The fourth-order valence-electron chi connectivity index (χ4n) is 1.66. The highest BCUT2D eigenvalue weighted by Crippen LogP contribution is 2.18. The van der Waals surface area contributed by atoms with Gasteiger partial charge in [-0.3, -0.25) is 14.8 Å². The van der Waals surface area contributed by atoms with Crippen LogP contribution < -0.4 is 5.56 Å². The average Bonchev–Trinajstić information content (AvgIpc) is 2.46. The highest BCUT2D eigenvalue weighted by atomic mass is 32.2. The molecule has 0 bridgehead atoms. The van der Waals surface area contributed by atoms with Crippen molar-refractivity contribution in [2.45, 2.75) is 4.90 Å². The van der Waals surface area contributed by atoms with Crippen LogP contribution >= 0.6 is 12.2 Å². The highest BCUT2D eigenvalue weighted by Gasteiger charge is 2.16. The summed E-state index contributed by atoms with van der Waals surface area (Å²) in [5.74, 6) is -0.394. The van der Waals surface area contributed by atoms with E-state index in [-0.39, 0.29) is 15.2 Å². The molecule has 1 heterocycles. The first-order valence-electron chi connectivity index (χ1n) is 6.34. The summed E-state index contributed by atoms with van der Waals surface area (Å²) in [4.78, 5) is 20.5. The molecular formula is C13H14N4O4S2. The molecule has 0 spiro atoms. The molecule has 0 saturated carbocycles. The third-order valence-corrected chi connectivity index (χ3v) is 4.95. The maximum Gasteiger partial charge on any atom is 0.264 e. The van der Waals surface area contributed by atoms with E-state index in [0.29, 0.717) is 5.69 Å². The molecule has 0 atom stereocenters. The lowest BCUT2D eigenvalue weighted by molar-refractivity contribution is 0.449. The summed E-state index contributed by atoms with van der Waals surface area (Å²) in [6.07, 6.45) is 1.16. The summed E-state index contributed by atoms with van der Waals surface area (Å²) in [7, 11) is -0.629. The number of aromatic nitrogens is 2. The van der Waals surface area contributed by atoms with Crippen molar-refractivity contribution in [2.24, 2.45) is 4.99 Å². The van der Waals surface area contributed by atoms with E-state index in [1.165, 1.54) is 38.4 Å². The van der Waals surface area contributed by atoms with E-state index in [1.54, 1.807) is 0 Å². The van der Waals surface area contributed by atoms with Gasteiger partial charge in [-0.2, -0.15) is 0 Å². The number of benzene rings is 1. The van der Waals surface area contributed by atoms with Crippen LogP contribution in [-0.2, 0) is 10.0 Å². The maximum absolute atomic E-state index is 11.9. The van der Waals surface area contributed by atoms with Crippen LogP contribution in [0.2, 0.25) is 0 Å². The topological polar surface area (TPSA) is 119 Å². The third kappa shape index (κ3) is 3.73. The minimum atomic E-state index is -3.51. The Balaban J connectivity index is 2.33. The molecule has 10 heteroatoms. The summed E-state index contributed by atoms with van der Waals surface area (Å²) < 4.78 is 25.0. The van der Waals surface area contributed by atoms with Gasteiger partial charge in [0, 0.05) is 20.3 Å². The van der Waals surface area contributed by atoms with Gasteiger partial charge >= 0.3 is 0 Å². The lowest BCUT2D eigenvalue weighted by Gasteiger charge is -2.10. The second-order valence-corrected chi connectivity index (χ2v) is 7.27. The lowest BCUT2D eigenvalue weighted by Crippen LogP contribution is -2.21. The first-order chi connectivity index (χ1) is 10.7. The summed E-state index contributed by atoms with van der Waals surface area (Å²) in [6, 6.07) is 5.79. The molecule has 0 aliphatic rings. The van der Waals surface area contributed by atoms with E-state index in [0.717, 1.165) is 10.5 Å². The molecule has 8 nitrogen and oxygen atoms in total. The molecule has 0 unspecified atom stereocenters. The quantitative estimate of drug-likeness (QED) is 0.562. The molecule has 0 fully saturated rings. The van der Waals surface area contributed by atoms with Gasteiger partial charge in [0.2, 0.25) is 15.9 Å². The number of H-pyrrole nitrogens is 2. The molecule has 2 aromatic rings. The Morgan fingerprint density at radius 1 is 1.22 bits per heavy atom. The van der Waals surface area contributed by atoms with Crippen LogP contribution in [0.25, 0.3) is 0 Å². The molecule has 122 valence electrons. The van der Waals surface area contributed by atoms with Crippen LogP contribution in [0.3, 0.4) is 0 Å². The second kappa shape index (κ2) is 6.44. The van der Waals surface area contributed by atoms with Crippen molar-refractivity contribution in [1.82, 2.24) is 14.3 Å². The molecule has 1 aromatic carbocycles. The van der Waals surface area contributed by atoms with Gasteiger partial charge in [-0.15, -0.1) is 0 Å². The Hall–Kier alpha value is -2.30. The van der Waals surface area contributed by atoms with Crippen LogP contribution in [0.15, 0.2) is 38.9 Å². The molecule has 2 rings (SSSR count). The number of nitrogens with zero attached hydrogens (tertiary/aromatic N) is 2. The molecule has 23 heavy (non-hydrogen) atoms. The Morgan fingerprint density at radius 2 is 1.83 bits per heavy atom. The molecule has 0 radical (unpaired) electrons. The smallest absolute Gasteiger partial charge is 0.264 e. The number of hydrogen-bond acceptors (Lipinski definition) is 6. The van der Waals surface area contributed by atoms with Crippen molar-refractivity contribution in [3.05, 3.63) is 45.0 Å². The average molecular weight is 354 g/mol. The fourth-order valence-corrected chi connectivity index (χ4v) is 2.75. The molecule has 0 aliphatic carbocycles. The fraction of sp³-hybridized carbons (Fsp3) is 0.154. The van der Waals surface area contributed by atoms with Crippen LogP contribution in [0, 0.1) is 4.77 Å². The molecule has 1 aromatic heterocycles. The number of sulfonamides is 1. The number of hydrogen-bond donors (Lipinski definition) is 3. The Labute approximate surface area is 137 Å². The minimum absolute atomic E-state index is 0.00268. The number of nitrogens with one attached hydrogen (secondary N) is 2. The monoisotopic (exact) mass is 354 g/mol. The van der Waals surface area contributed by atoms with Crippen molar-refractivity contribution < 1.29 is 13.5 Å². The number of aromatic amines is 2. The van der Waals surface area contributed by atoms with Gasteiger partial charge in [-0.05, 0) is 36.5 Å². The minimum Gasteiger partial charge on any atom is -0.494 e. The molecule has 0 saturated heterocycles. The van der Waals surface area contributed by atoms with Gasteiger partial charge in [-0.1, -0.05) is 0 Å². The number of rotatable bonds is 4. The van der Waals surface area contributed by atoms with Gasteiger partial charge in [0.05, 0.1) is 10.6 Å². The van der Waals surface area contributed by atoms with E-state index < -0.39 is 21.5 Å². The van der Waals surface area contributed by atoms with E-state index in [4.69, 9.17) is 12.2 Å². The van der Waals surface area contributed by atoms with Crippen LogP contribution in [0.4, 0.5) is 5.69 Å². The standard InChI is InChI=1S/C13H14N4O4S2/c1-17(2)23(20,21)9-5-3-8(4-6-9)14-7-10-11(18)15-13(22)16-12(10)19/h3-7H,1-2H3,(H3,15,16,18,19,22). The maximum atomic E-state index is 11.9. The van der Waals surface area contributed by atoms with Gasteiger partial charge in [0.1, 0.15) is 5.56 Å². The zero-order valence-corrected chi connectivity index (χ0v) is 13.9. The van der Waals surface area contributed by atoms with Crippen LogP contribution in [0.1, 0.15) is 5.56 Å². The van der Waals surface area contributed by atoms with Gasteiger partial charge in [0.25, 0.3) is 5.56 Å². The molecule has 0 aliphatic heterocycles. The summed E-state index contributed by atoms with van der Waals surface area (Å²) in [5.41, 5.74) is -0.241. The lowest BCUT2D eigenvalue weighted by atomic mass is 10.3. The van der Waals surface area contributed by atoms with Crippen molar-refractivity contribution in [3.63, 3.8) is 0 Å². The summed E-state index contributed by atoms with van der Waals surface area (Å²) in [6.45, 7) is 0. The van der Waals surface area contributed by atoms with Crippen molar-refractivity contribution >= 4 is 34.1 Å². The van der Waals surface area contributed by atoms with Gasteiger partial charge < -0.3 is 10.1 Å². The van der Waals surface area contributed by atoms with E-state index in [1.807, 2.05) is 0 Å². The zero-order chi connectivity index (χ0) is 17.2.